The Bertz CT molecular complexity index is 291. The number of thioether (sulfide) groups is 1. The topological polar surface area (TPSA) is 69.6 Å². The number of hydrogen-bond donors (Lipinski definition) is 2. The van der Waals surface area contributed by atoms with Gasteiger partial charge in [-0.2, -0.15) is 11.8 Å². The van der Waals surface area contributed by atoms with E-state index in [4.69, 9.17) is 5.11 Å². The second kappa shape index (κ2) is 7.63. The van der Waals surface area contributed by atoms with Crippen molar-refractivity contribution in [2.75, 3.05) is 24.6 Å². The molecule has 1 unspecified atom stereocenters. The highest BCUT2D eigenvalue weighted by atomic mass is 32.2. The van der Waals surface area contributed by atoms with E-state index in [0.717, 1.165) is 18.1 Å². The maximum Gasteiger partial charge on any atom is 0.303 e. The first-order valence-electron chi connectivity index (χ1n) is 6.35. The standard InChI is InChI=1S/C12H22N2O3S/c1-9(2)14(6-3-4-11(15)16)12(17)10-8-18-7-5-13-10/h9-10,13H,3-8H2,1-2H3,(H,15,16). The van der Waals surface area contributed by atoms with Gasteiger partial charge in [-0.25, -0.2) is 0 Å². The maximum absolute atomic E-state index is 12.3. The van der Waals surface area contributed by atoms with Crippen LogP contribution < -0.4 is 5.32 Å². The molecule has 1 heterocycles. The average molecular weight is 274 g/mol. The minimum absolute atomic E-state index is 0.0996. The fourth-order valence-electron chi connectivity index (χ4n) is 1.95. The molecule has 1 aliphatic heterocycles. The molecule has 1 aliphatic rings. The Kier molecular flexibility index (Phi) is 6.49. The third kappa shape index (κ3) is 4.86. The molecule has 0 aliphatic carbocycles. The molecule has 0 aromatic rings. The van der Waals surface area contributed by atoms with E-state index in [1.807, 2.05) is 13.8 Å². The van der Waals surface area contributed by atoms with Gasteiger partial charge in [-0.05, 0) is 20.3 Å². The van der Waals surface area contributed by atoms with Crippen molar-refractivity contribution in [3.05, 3.63) is 0 Å². The molecule has 1 amide bonds. The first kappa shape index (κ1) is 15.3. The number of nitrogens with one attached hydrogen (secondary N) is 1. The van der Waals surface area contributed by atoms with Crippen molar-refractivity contribution in [2.24, 2.45) is 0 Å². The SMILES string of the molecule is CC(C)N(CCCC(=O)O)C(=O)C1CSCCN1. The first-order valence-corrected chi connectivity index (χ1v) is 7.51. The molecule has 6 heteroatoms. The molecular formula is C12H22N2O3S. The highest BCUT2D eigenvalue weighted by Crippen LogP contribution is 2.12. The number of nitrogens with zero attached hydrogens (tertiary/aromatic N) is 1. The number of hydrogen-bond acceptors (Lipinski definition) is 4. The van der Waals surface area contributed by atoms with E-state index in [1.54, 1.807) is 16.7 Å². The van der Waals surface area contributed by atoms with Gasteiger partial charge >= 0.3 is 5.97 Å². The lowest BCUT2D eigenvalue weighted by Gasteiger charge is -2.32. The number of carboxylic acids is 1. The monoisotopic (exact) mass is 274 g/mol. The van der Waals surface area contributed by atoms with Crippen LogP contribution >= 0.6 is 11.8 Å². The first-order chi connectivity index (χ1) is 8.52. The average Bonchev–Trinajstić information content (AvgIpc) is 2.34. The summed E-state index contributed by atoms with van der Waals surface area (Å²) in [5.41, 5.74) is 0. The molecule has 18 heavy (non-hydrogen) atoms. The van der Waals surface area contributed by atoms with E-state index in [-0.39, 0.29) is 24.4 Å². The quantitative estimate of drug-likeness (QED) is 0.749. The minimum Gasteiger partial charge on any atom is -0.481 e. The van der Waals surface area contributed by atoms with Crippen LogP contribution in [0.3, 0.4) is 0 Å². The van der Waals surface area contributed by atoms with Crippen molar-refractivity contribution < 1.29 is 14.7 Å². The largest absolute Gasteiger partial charge is 0.481 e. The van der Waals surface area contributed by atoms with Crippen LogP contribution in [0.25, 0.3) is 0 Å². The van der Waals surface area contributed by atoms with E-state index >= 15 is 0 Å². The molecule has 0 saturated carbocycles. The molecule has 1 fully saturated rings. The lowest BCUT2D eigenvalue weighted by atomic mass is 10.2. The summed E-state index contributed by atoms with van der Waals surface area (Å²) in [4.78, 5) is 24.6. The Hall–Kier alpha value is -0.750. The van der Waals surface area contributed by atoms with Gasteiger partial charge in [0.15, 0.2) is 0 Å². The summed E-state index contributed by atoms with van der Waals surface area (Å²) in [6, 6.07) is -0.00370. The van der Waals surface area contributed by atoms with E-state index in [9.17, 15) is 9.59 Å². The molecule has 1 saturated heterocycles. The molecule has 104 valence electrons. The van der Waals surface area contributed by atoms with Gasteiger partial charge in [0.05, 0.1) is 6.04 Å². The Labute approximate surface area is 112 Å². The van der Waals surface area contributed by atoms with Crippen molar-refractivity contribution in [3.63, 3.8) is 0 Å². The predicted octanol–water partition coefficient (Wildman–Crippen LogP) is 0.793. The van der Waals surface area contributed by atoms with E-state index in [0.29, 0.717) is 13.0 Å². The van der Waals surface area contributed by atoms with Crippen LogP contribution in [0.4, 0.5) is 0 Å². The van der Waals surface area contributed by atoms with Crippen LogP contribution in [0.1, 0.15) is 26.7 Å². The van der Waals surface area contributed by atoms with Crippen molar-refractivity contribution in [1.29, 1.82) is 0 Å². The smallest absolute Gasteiger partial charge is 0.303 e. The zero-order chi connectivity index (χ0) is 13.5. The lowest BCUT2D eigenvalue weighted by molar-refractivity contribution is -0.139. The summed E-state index contributed by atoms with van der Waals surface area (Å²) >= 11 is 1.79. The van der Waals surface area contributed by atoms with Gasteiger partial charge in [-0.1, -0.05) is 0 Å². The predicted molar refractivity (Wildman–Crippen MR) is 72.8 cm³/mol. The summed E-state index contributed by atoms with van der Waals surface area (Å²) < 4.78 is 0. The van der Waals surface area contributed by atoms with Crippen molar-refractivity contribution in [3.8, 4) is 0 Å². The van der Waals surface area contributed by atoms with Crippen molar-refractivity contribution >= 4 is 23.6 Å². The van der Waals surface area contributed by atoms with Crippen LogP contribution in [0.2, 0.25) is 0 Å². The second-order valence-corrected chi connectivity index (χ2v) is 5.85. The molecule has 0 aromatic carbocycles. The van der Waals surface area contributed by atoms with Crippen LogP contribution in [0.15, 0.2) is 0 Å². The number of carbonyl (C=O) groups excluding carboxylic acids is 1. The fraction of sp³-hybridized carbons (Fsp3) is 0.833. The van der Waals surface area contributed by atoms with E-state index in [2.05, 4.69) is 5.32 Å². The Balaban J connectivity index is 2.48. The summed E-state index contributed by atoms with van der Waals surface area (Å²) in [6.45, 7) is 5.32. The fourth-order valence-corrected chi connectivity index (χ4v) is 2.87. The van der Waals surface area contributed by atoms with Gasteiger partial charge in [-0.3, -0.25) is 9.59 Å². The molecule has 0 aromatic heterocycles. The molecule has 5 nitrogen and oxygen atoms in total. The zero-order valence-corrected chi connectivity index (χ0v) is 11.8. The third-order valence-electron chi connectivity index (χ3n) is 2.92. The van der Waals surface area contributed by atoms with Gasteiger partial charge in [-0.15, -0.1) is 0 Å². The van der Waals surface area contributed by atoms with Gasteiger partial charge in [0.1, 0.15) is 0 Å². The van der Waals surface area contributed by atoms with Gasteiger partial charge in [0.2, 0.25) is 5.91 Å². The maximum atomic E-state index is 12.3. The summed E-state index contributed by atoms with van der Waals surface area (Å²) in [6.07, 6.45) is 0.627. The van der Waals surface area contributed by atoms with Crippen LogP contribution in [0.5, 0.6) is 0 Å². The number of rotatable bonds is 6. The van der Waals surface area contributed by atoms with Crippen LogP contribution in [0, 0.1) is 0 Å². The number of amides is 1. The lowest BCUT2D eigenvalue weighted by Crippen LogP contribution is -2.52. The summed E-state index contributed by atoms with van der Waals surface area (Å²) in [7, 11) is 0. The summed E-state index contributed by atoms with van der Waals surface area (Å²) in [5, 5.41) is 11.9. The van der Waals surface area contributed by atoms with Gasteiger partial charge in [0.25, 0.3) is 0 Å². The molecule has 0 spiro atoms. The Morgan fingerprint density at radius 3 is 2.72 bits per heavy atom. The van der Waals surface area contributed by atoms with Crippen LogP contribution in [-0.2, 0) is 9.59 Å². The number of aliphatic carboxylic acids is 1. The molecule has 0 radical (unpaired) electrons. The van der Waals surface area contributed by atoms with Crippen molar-refractivity contribution in [2.45, 2.75) is 38.8 Å². The van der Waals surface area contributed by atoms with Gasteiger partial charge in [0, 0.05) is 37.1 Å². The van der Waals surface area contributed by atoms with Crippen LogP contribution in [-0.4, -0.2) is 58.6 Å². The Morgan fingerprint density at radius 1 is 1.50 bits per heavy atom. The normalized spacial score (nSPS) is 19.8. The summed E-state index contributed by atoms with van der Waals surface area (Å²) in [5.74, 6) is 1.14. The second-order valence-electron chi connectivity index (χ2n) is 4.70. The highest BCUT2D eigenvalue weighted by Gasteiger charge is 2.27. The molecular weight excluding hydrogens is 252 g/mol. The van der Waals surface area contributed by atoms with Gasteiger partial charge < -0.3 is 15.3 Å². The number of carbonyl (C=O) groups is 2. The van der Waals surface area contributed by atoms with E-state index in [1.165, 1.54) is 0 Å². The molecule has 0 bridgehead atoms. The van der Waals surface area contributed by atoms with E-state index < -0.39 is 5.97 Å². The number of carboxylic acid groups (broad SMARTS) is 1. The third-order valence-corrected chi connectivity index (χ3v) is 3.98. The molecule has 1 rings (SSSR count). The zero-order valence-electron chi connectivity index (χ0n) is 11.0. The van der Waals surface area contributed by atoms with Crippen molar-refractivity contribution in [1.82, 2.24) is 10.2 Å². The minimum atomic E-state index is -0.808. The molecule has 1 atom stereocenters. The highest BCUT2D eigenvalue weighted by molar-refractivity contribution is 7.99. The molecule has 2 N–H and O–H groups in total. The Morgan fingerprint density at radius 2 is 2.22 bits per heavy atom.